The van der Waals surface area contributed by atoms with Crippen molar-refractivity contribution in [3.8, 4) is 0 Å². The zero-order valence-corrected chi connectivity index (χ0v) is 11.7. The average Bonchev–Trinajstić information content (AvgIpc) is 2.77. The molecular weight excluding hydrogens is 290 g/mol. The van der Waals surface area contributed by atoms with E-state index in [1.54, 1.807) is 11.3 Å². The summed E-state index contributed by atoms with van der Waals surface area (Å²) >= 11 is 1.56. The maximum atomic E-state index is 13.7. The summed E-state index contributed by atoms with van der Waals surface area (Å²) in [5, 5.41) is 2.89. The fourth-order valence-electron chi connectivity index (χ4n) is 1.80. The molecule has 2 rings (SSSR count). The largest absolute Gasteiger partial charge is 0.416 e. The van der Waals surface area contributed by atoms with Crippen molar-refractivity contribution in [2.45, 2.75) is 26.1 Å². The van der Waals surface area contributed by atoms with Crippen molar-refractivity contribution < 1.29 is 17.6 Å². The summed E-state index contributed by atoms with van der Waals surface area (Å²) in [5.74, 6) is -0.903. The summed E-state index contributed by atoms with van der Waals surface area (Å²) in [4.78, 5) is 2.13. The van der Waals surface area contributed by atoms with Gasteiger partial charge in [-0.25, -0.2) is 4.39 Å². The number of hydrogen-bond acceptors (Lipinski definition) is 2. The van der Waals surface area contributed by atoms with Gasteiger partial charge >= 0.3 is 6.18 Å². The molecule has 0 aliphatic carbocycles. The van der Waals surface area contributed by atoms with Crippen LogP contribution in [0.3, 0.4) is 0 Å². The Bertz CT molecular complexity index is 603. The highest BCUT2D eigenvalue weighted by molar-refractivity contribution is 7.12. The van der Waals surface area contributed by atoms with Crippen LogP contribution >= 0.6 is 11.3 Å². The highest BCUT2D eigenvalue weighted by atomic mass is 32.1. The van der Waals surface area contributed by atoms with Gasteiger partial charge in [0.05, 0.1) is 17.3 Å². The van der Waals surface area contributed by atoms with E-state index >= 15 is 0 Å². The Balaban J connectivity index is 2.18. The molecule has 0 aliphatic rings. The van der Waals surface area contributed by atoms with E-state index in [-0.39, 0.29) is 11.7 Å². The Morgan fingerprint density at radius 2 is 1.85 bits per heavy atom. The van der Waals surface area contributed by atoms with Gasteiger partial charge in [-0.05, 0) is 44.2 Å². The van der Waals surface area contributed by atoms with E-state index < -0.39 is 17.6 Å². The number of halogens is 4. The molecule has 0 spiro atoms. The number of alkyl halides is 3. The van der Waals surface area contributed by atoms with E-state index in [2.05, 4.69) is 5.32 Å². The molecule has 0 amide bonds. The van der Waals surface area contributed by atoms with Crippen molar-refractivity contribution >= 4 is 17.0 Å². The van der Waals surface area contributed by atoms with E-state index in [9.17, 15) is 17.6 Å². The maximum Gasteiger partial charge on any atom is 0.416 e. The number of aryl methyl sites for hydroxylation is 1. The van der Waals surface area contributed by atoms with Crippen LogP contribution in [-0.4, -0.2) is 0 Å². The van der Waals surface area contributed by atoms with Gasteiger partial charge in [0.1, 0.15) is 5.82 Å². The lowest BCUT2D eigenvalue weighted by molar-refractivity contribution is -0.137. The van der Waals surface area contributed by atoms with Crippen molar-refractivity contribution in [1.29, 1.82) is 0 Å². The molecule has 0 saturated carbocycles. The van der Waals surface area contributed by atoms with Gasteiger partial charge in [0.15, 0.2) is 0 Å². The fourth-order valence-corrected chi connectivity index (χ4v) is 2.68. The molecule has 0 fully saturated rings. The molecule has 0 bridgehead atoms. The normalized spacial score (nSPS) is 13.3. The molecular formula is C14H13F4NS. The van der Waals surface area contributed by atoms with Crippen LogP contribution < -0.4 is 5.32 Å². The molecule has 1 heterocycles. The molecule has 1 unspecified atom stereocenters. The van der Waals surface area contributed by atoms with Crippen LogP contribution in [-0.2, 0) is 6.18 Å². The highest BCUT2D eigenvalue weighted by Gasteiger charge is 2.31. The number of nitrogens with one attached hydrogen (secondary N) is 1. The Labute approximate surface area is 118 Å². The van der Waals surface area contributed by atoms with Gasteiger partial charge < -0.3 is 5.32 Å². The van der Waals surface area contributed by atoms with Crippen molar-refractivity contribution in [2.24, 2.45) is 0 Å². The molecule has 1 atom stereocenters. The third-order valence-corrected chi connectivity index (χ3v) is 4.04. The van der Waals surface area contributed by atoms with E-state index in [4.69, 9.17) is 0 Å². The molecule has 1 N–H and O–H groups in total. The zero-order chi connectivity index (χ0) is 14.9. The van der Waals surface area contributed by atoms with Crippen molar-refractivity contribution in [1.82, 2.24) is 0 Å². The lowest BCUT2D eigenvalue weighted by Crippen LogP contribution is -2.09. The van der Waals surface area contributed by atoms with Crippen LogP contribution in [0.5, 0.6) is 0 Å². The second-order valence-electron chi connectivity index (χ2n) is 4.51. The first-order chi connectivity index (χ1) is 9.27. The smallest absolute Gasteiger partial charge is 0.375 e. The molecule has 0 radical (unpaired) electrons. The maximum absolute atomic E-state index is 13.7. The first kappa shape index (κ1) is 14.8. The highest BCUT2D eigenvalue weighted by Crippen LogP contribution is 2.32. The quantitative estimate of drug-likeness (QED) is 0.750. The minimum atomic E-state index is -4.53. The molecule has 0 saturated heterocycles. The van der Waals surface area contributed by atoms with Gasteiger partial charge in [-0.15, -0.1) is 11.3 Å². The molecule has 2 aromatic rings. The van der Waals surface area contributed by atoms with Gasteiger partial charge in [0.25, 0.3) is 0 Å². The molecule has 20 heavy (non-hydrogen) atoms. The Hall–Kier alpha value is -1.56. The first-order valence-electron chi connectivity index (χ1n) is 5.97. The molecule has 108 valence electrons. The standard InChI is InChI=1S/C14H13F4NS/c1-8-3-6-13(20-8)9(2)19-12-5-4-10(7-11(12)15)14(16,17)18/h3-7,9,19H,1-2H3. The van der Waals surface area contributed by atoms with Gasteiger partial charge in [-0.3, -0.25) is 0 Å². The molecule has 1 nitrogen and oxygen atoms in total. The predicted octanol–water partition coefficient (Wildman–Crippen LogP) is 5.39. The SMILES string of the molecule is Cc1ccc(C(C)Nc2ccc(C(F)(F)F)cc2F)s1. The van der Waals surface area contributed by atoms with E-state index in [1.165, 1.54) is 0 Å². The topological polar surface area (TPSA) is 12.0 Å². The van der Waals surface area contributed by atoms with Crippen molar-refractivity contribution in [3.63, 3.8) is 0 Å². The first-order valence-corrected chi connectivity index (χ1v) is 6.78. The van der Waals surface area contributed by atoms with Crippen molar-refractivity contribution in [3.05, 3.63) is 51.5 Å². The van der Waals surface area contributed by atoms with E-state index in [0.717, 1.165) is 21.9 Å². The molecule has 1 aromatic carbocycles. The zero-order valence-electron chi connectivity index (χ0n) is 10.9. The second-order valence-corrected chi connectivity index (χ2v) is 5.83. The Morgan fingerprint density at radius 3 is 2.35 bits per heavy atom. The number of benzene rings is 1. The minimum absolute atomic E-state index is 0.0663. The lowest BCUT2D eigenvalue weighted by Gasteiger charge is -2.15. The number of thiophene rings is 1. The van der Waals surface area contributed by atoms with Crippen LogP contribution in [0.2, 0.25) is 0 Å². The summed E-state index contributed by atoms with van der Waals surface area (Å²) in [7, 11) is 0. The Kier molecular flexibility index (Phi) is 4.04. The average molecular weight is 303 g/mol. The summed E-state index contributed by atoms with van der Waals surface area (Å²) < 4.78 is 51.0. The van der Waals surface area contributed by atoms with Gasteiger partial charge in [-0.2, -0.15) is 13.2 Å². The lowest BCUT2D eigenvalue weighted by atomic mass is 10.1. The van der Waals surface area contributed by atoms with E-state index in [0.29, 0.717) is 6.07 Å². The van der Waals surface area contributed by atoms with Crippen LogP contribution in [0.15, 0.2) is 30.3 Å². The second kappa shape index (κ2) is 5.44. The number of anilines is 1. The summed E-state index contributed by atoms with van der Waals surface area (Å²) in [6, 6.07) is 6.20. The third-order valence-electron chi connectivity index (χ3n) is 2.86. The molecule has 0 aliphatic heterocycles. The minimum Gasteiger partial charge on any atom is -0.375 e. The summed E-state index contributed by atoms with van der Waals surface area (Å²) in [6.07, 6.45) is -4.53. The van der Waals surface area contributed by atoms with Crippen LogP contribution in [0.25, 0.3) is 0 Å². The third kappa shape index (κ3) is 3.30. The van der Waals surface area contributed by atoms with Gasteiger partial charge in [-0.1, -0.05) is 0 Å². The molecule has 1 aromatic heterocycles. The summed E-state index contributed by atoms with van der Waals surface area (Å²) in [5.41, 5.74) is -0.920. The van der Waals surface area contributed by atoms with Crippen molar-refractivity contribution in [2.75, 3.05) is 5.32 Å². The predicted molar refractivity (Wildman–Crippen MR) is 72.5 cm³/mol. The van der Waals surface area contributed by atoms with Gasteiger partial charge in [0.2, 0.25) is 0 Å². The van der Waals surface area contributed by atoms with Crippen LogP contribution in [0.1, 0.15) is 28.3 Å². The van der Waals surface area contributed by atoms with Crippen LogP contribution in [0.4, 0.5) is 23.2 Å². The monoisotopic (exact) mass is 303 g/mol. The summed E-state index contributed by atoms with van der Waals surface area (Å²) in [6.45, 7) is 3.79. The number of rotatable bonds is 3. The van der Waals surface area contributed by atoms with E-state index in [1.807, 2.05) is 26.0 Å². The Morgan fingerprint density at radius 1 is 1.15 bits per heavy atom. The number of hydrogen-bond donors (Lipinski definition) is 1. The van der Waals surface area contributed by atoms with Crippen LogP contribution in [0, 0.1) is 12.7 Å². The molecule has 6 heteroatoms. The fraction of sp³-hybridized carbons (Fsp3) is 0.286. The van der Waals surface area contributed by atoms with Gasteiger partial charge in [0, 0.05) is 9.75 Å².